The van der Waals surface area contributed by atoms with E-state index in [1.165, 1.54) is 12.1 Å². The van der Waals surface area contributed by atoms with Crippen molar-refractivity contribution in [2.45, 2.75) is 6.54 Å². The van der Waals surface area contributed by atoms with Crippen molar-refractivity contribution in [3.63, 3.8) is 0 Å². The number of rotatable bonds is 5. The molecule has 0 aliphatic rings. The first-order chi connectivity index (χ1) is 9.24. The average molecular weight is 258 g/mol. The minimum Gasteiger partial charge on any atom is -0.325 e. The lowest BCUT2D eigenvalue weighted by Gasteiger charge is -2.07. The summed E-state index contributed by atoms with van der Waals surface area (Å²) in [4.78, 5) is 11.6. The molecule has 0 aliphatic carbocycles. The summed E-state index contributed by atoms with van der Waals surface area (Å²) in [6.45, 7) is 0.808. The predicted molar refractivity (Wildman–Crippen MR) is 73.2 cm³/mol. The lowest BCUT2D eigenvalue weighted by molar-refractivity contribution is -0.115. The third-order valence-electron chi connectivity index (χ3n) is 2.57. The van der Waals surface area contributed by atoms with Crippen molar-refractivity contribution in [1.29, 1.82) is 0 Å². The number of benzene rings is 2. The second kappa shape index (κ2) is 6.66. The fraction of sp³-hybridized carbons (Fsp3) is 0.133. The minimum atomic E-state index is -0.366. The SMILES string of the molecule is O=C(CNCc1ccccc1)Nc1cccc(F)c1. The van der Waals surface area contributed by atoms with E-state index in [4.69, 9.17) is 0 Å². The van der Waals surface area contributed by atoms with Gasteiger partial charge in [-0.15, -0.1) is 0 Å². The quantitative estimate of drug-likeness (QED) is 0.865. The molecule has 2 rings (SSSR count). The average Bonchev–Trinajstić information content (AvgIpc) is 2.40. The predicted octanol–water partition coefficient (Wildman–Crippen LogP) is 2.55. The number of carbonyl (C=O) groups is 1. The van der Waals surface area contributed by atoms with Crippen molar-refractivity contribution in [2.24, 2.45) is 0 Å². The Hall–Kier alpha value is -2.20. The molecule has 0 bridgehead atoms. The van der Waals surface area contributed by atoms with E-state index in [2.05, 4.69) is 10.6 Å². The molecule has 2 aromatic carbocycles. The van der Waals surface area contributed by atoms with E-state index in [1.54, 1.807) is 12.1 Å². The molecule has 3 nitrogen and oxygen atoms in total. The fourth-order valence-corrected chi connectivity index (χ4v) is 1.69. The van der Waals surface area contributed by atoms with Gasteiger partial charge in [0, 0.05) is 12.2 Å². The van der Waals surface area contributed by atoms with Gasteiger partial charge in [-0.25, -0.2) is 4.39 Å². The number of nitrogens with one attached hydrogen (secondary N) is 2. The highest BCUT2D eigenvalue weighted by atomic mass is 19.1. The Morgan fingerprint density at radius 1 is 1.05 bits per heavy atom. The number of amides is 1. The van der Waals surface area contributed by atoms with Gasteiger partial charge in [0.05, 0.1) is 6.54 Å². The molecular formula is C15H15FN2O. The third kappa shape index (κ3) is 4.52. The summed E-state index contributed by atoms with van der Waals surface area (Å²) in [5.74, 6) is -0.559. The number of halogens is 1. The van der Waals surface area contributed by atoms with Crippen LogP contribution in [0.5, 0.6) is 0 Å². The molecule has 4 heteroatoms. The number of anilines is 1. The van der Waals surface area contributed by atoms with Gasteiger partial charge in [-0.05, 0) is 23.8 Å². The number of hydrogen-bond donors (Lipinski definition) is 2. The van der Waals surface area contributed by atoms with E-state index in [-0.39, 0.29) is 18.3 Å². The first kappa shape index (κ1) is 13.2. The Morgan fingerprint density at radius 3 is 2.58 bits per heavy atom. The van der Waals surface area contributed by atoms with Crippen LogP contribution in [0.4, 0.5) is 10.1 Å². The van der Waals surface area contributed by atoms with Gasteiger partial charge in [-0.1, -0.05) is 36.4 Å². The van der Waals surface area contributed by atoms with E-state index >= 15 is 0 Å². The van der Waals surface area contributed by atoms with Crippen LogP contribution in [0.15, 0.2) is 54.6 Å². The van der Waals surface area contributed by atoms with Crippen LogP contribution in [0.2, 0.25) is 0 Å². The standard InChI is InChI=1S/C15H15FN2O/c16-13-7-4-8-14(9-13)18-15(19)11-17-10-12-5-2-1-3-6-12/h1-9,17H,10-11H2,(H,18,19). The minimum absolute atomic E-state index is 0.186. The molecule has 0 spiro atoms. The Morgan fingerprint density at radius 2 is 1.84 bits per heavy atom. The third-order valence-corrected chi connectivity index (χ3v) is 2.57. The second-order valence-electron chi connectivity index (χ2n) is 4.15. The lowest BCUT2D eigenvalue weighted by atomic mass is 10.2. The van der Waals surface area contributed by atoms with Gasteiger partial charge in [-0.2, -0.15) is 0 Å². The maximum atomic E-state index is 12.9. The Bertz CT molecular complexity index is 543. The largest absolute Gasteiger partial charge is 0.325 e. The van der Waals surface area contributed by atoms with Gasteiger partial charge in [0.2, 0.25) is 5.91 Å². The van der Waals surface area contributed by atoms with Gasteiger partial charge >= 0.3 is 0 Å². The Balaban J connectivity index is 1.76. The second-order valence-corrected chi connectivity index (χ2v) is 4.15. The first-order valence-corrected chi connectivity index (χ1v) is 6.04. The fourth-order valence-electron chi connectivity index (χ4n) is 1.69. The van der Waals surface area contributed by atoms with Gasteiger partial charge in [-0.3, -0.25) is 4.79 Å². The molecule has 98 valence electrons. The topological polar surface area (TPSA) is 41.1 Å². The van der Waals surface area contributed by atoms with E-state index < -0.39 is 0 Å². The van der Waals surface area contributed by atoms with E-state index in [0.29, 0.717) is 12.2 Å². The zero-order valence-corrected chi connectivity index (χ0v) is 10.4. The molecule has 2 N–H and O–H groups in total. The van der Waals surface area contributed by atoms with Crippen molar-refractivity contribution in [1.82, 2.24) is 5.32 Å². The molecular weight excluding hydrogens is 243 g/mol. The van der Waals surface area contributed by atoms with Gasteiger partial charge in [0.1, 0.15) is 5.82 Å². The van der Waals surface area contributed by atoms with Crippen LogP contribution < -0.4 is 10.6 Å². The van der Waals surface area contributed by atoms with Crippen LogP contribution in [0.3, 0.4) is 0 Å². The summed E-state index contributed by atoms with van der Waals surface area (Å²) in [6, 6.07) is 15.6. The molecule has 0 saturated carbocycles. The molecule has 0 saturated heterocycles. The van der Waals surface area contributed by atoms with Crippen LogP contribution >= 0.6 is 0 Å². The summed E-state index contributed by atoms with van der Waals surface area (Å²) in [6.07, 6.45) is 0. The van der Waals surface area contributed by atoms with Crippen molar-refractivity contribution in [3.8, 4) is 0 Å². The smallest absolute Gasteiger partial charge is 0.238 e. The van der Waals surface area contributed by atoms with Crippen LogP contribution in [-0.4, -0.2) is 12.5 Å². The van der Waals surface area contributed by atoms with E-state index in [1.807, 2.05) is 30.3 Å². The number of carbonyl (C=O) groups excluding carboxylic acids is 1. The normalized spacial score (nSPS) is 10.2. The summed E-state index contributed by atoms with van der Waals surface area (Å²) in [7, 11) is 0. The first-order valence-electron chi connectivity index (χ1n) is 6.04. The molecule has 2 aromatic rings. The van der Waals surface area contributed by atoms with Gasteiger partial charge in [0.15, 0.2) is 0 Å². The van der Waals surface area contributed by atoms with Crippen LogP contribution in [-0.2, 0) is 11.3 Å². The van der Waals surface area contributed by atoms with Crippen LogP contribution in [0.1, 0.15) is 5.56 Å². The van der Waals surface area contributed by atoms with Crippen molar-refractivity contribution >= 4 is 11.6 Å². The molecule has 0 atom stereocenters. The highest BCUT2D eigenvalue weighted by Gasteiger charge is 2.02. The lowest BCUT2D eigenvalue weighted by Crippen LogP contribution is -2.27. The van der Waals surface area contributed by atoms with Crippen molar-refractivity contribution < 1.29 is 9.18 Å². The van der Waals surface area contributed by atoms with Gasteiger partial charge < -0.3 is 10.6 Å². The molecule has 0 unspecified atom stereocenters. The molecule has 0 radical (unpaired) electrons. The highest BCUT2D eigenvalue weighted by molar-refractivity contribution is 5.92. The van der Waals surface area contributed by atoms with Crippen LogP contribution in [0.25, 0.3) is 0 Å². The Kier molecular flexibility index (Phi) is 4.64. The molecule has 19 heavy (non-hydrogen) atoms. The molecule has 1 amide bonds. The summed E-state index contributed by atoms with van der Waals surface area (Å²) >= 11 is 0. The summed E-state index contributed by atoms with van der Waals surface area (Å²) < 4.78 is 12.9. The maximum Gasteiger partial charge on any atom is 0.238 e. The van der Waals surface area contributed by atoms with Crippen LogP contribution in [0, 0.1) is 5.82 Å². The van der Waals surface area contributed by atoms with Crippen molar-refractivity contribution in [3.05, 3.63) is 66.0 Å². The molecule has 0 aliphatic heterocycles. The monoisotopic (exact) mass is 258 g/mol. The van der Waals surface area contributed by atoms with E-state index in [9.17, 15) is 9.18 Å². The zero-order valence-electron chi connectivity index (χ0n) is 10.4. The van der Waals surface area contributed by atoms with Crippen molar-refractivity contribution in [2.75, 3.05) is 11.9 Å². The molecule has 0 heterocycles. The zero-order chi connectivity index (χ0) is 13.5. The maximum absolute atomic E-state index is 12.9. The molecule has 0 fully saturated rings. The summed E-state index contributed by atoms with van der Waals surface area (Å²) in [5, 5.41) is 5.66. The summed E-state index contributed by atoms with van der Waals surface area (Å²) in [5.41, 5.74) is 1.58. The van der Waals surface area contributed by atoms with E-state index in [0.717, 1.165) is 5.56 Å². The van der Waals surface area contributed by atoms with Gasteiger partial charge in [0.25, 0.3) is 0 Å². The highest BCUT2D eigenvalue weighted by Crippen LogP contribution is 2.08. The number of hydrogen-bond acceptors (Lipinski definition) is 2. The molecule has 0 aromatic heterocycles. The Labute approximate surface area is 111 Å².